The molecule has 1 aromatic carbocycles. The first-order valence-electron chi connectivity index (χ1n) is 7.92. The van der Waals surface area contributed by atoms with Crippen LogP contribution < -0.4 is 10.6 Å². The number of hydrogen-bond donors (Lipinski definition) is 3. The summed E-state index contributed by atoms with van der Waals surface area (Å²) in [7, 11) is 0. The number of rotatable bonds is 7. The number of ether oxygens (including phenoxy) is 1. The van der Waals surface area contributed by atoms with Gasteiger partial charge in [0.1, 0.15) is 17.1 Å². The molecule has 0 aliphatic heterocycles. The minimum Gasteiger partial charge on any atom is -0.463 e. The van der Waals surface area contributed by atoms with E-state index in [0.717, 1.165) is 5.56 Å². The van der Waals surface area contributed by atoms with Crippen LogP contribution in [0.3, 0.4) is 0 Å². The zero-order valence-corrected chi connectivity index (χ0v) is 14.3. The van der Waals surface area contributed by atoms with E-state index in [9.17, 15) is 9.90 Å². The van der Waals surface area contributed by atoms with Crippen LogP contribution in [0, 0.1) is 6.92 Å². The summed E-state index contributed by atoms with van der Waals surface area (Å²) in [6.07, 6.45) is 0. The second-order valence-electron chi connectivity index (χ2n) is 5.79. The zero-order valence-electron chi connectivity index (χ0n) is 14.3. The average molecular weight is 332 g/mol. The number of anilines is 1. The summed E-state index contributed by atoms with van der Waals surface area (Å²) in [4.78, 5) is 12.1. The van der Waals surface area contributed by atoms with Crippen LogP contribution >= 0.6 is 0 Å². The molecule has 0 saturated heterocycles. The predicted octanol–water partition coefficient (Wildman–Crippen LogP) is 3.15. The maximum absolute atomic E-state index is 12.1. The number of benzene rings is 1. The highest BCUT2D eigenvalue weighted by Gasteiger charge is 2.27. The summed E-state index contributed by atoms with van der Waals surface area (Å²) in [6.45, 7) is 6.37. The first kappa shape index (κ1) is 18.0. The van der Waals surface area contributed by atoms with Crippen molar-refractivity contribution in [3.05, 3.63) is 53.5 Å². The van der Waals surface area contributed by atoms with E-state index in [0.29, 0.717) is 30.4 Å². The van der Waals surface area contributed by atoms with Crippen molar-refractivity contribution in [1.82, 2.24) is 5.32 Å². The zero-order chi connectivity index (χ0) is 17.6. The van der Waals surface area contributed by atoms with Crippen LogP contribution in [0.5, 0.6) is 0 Å². The molecule has 0 saturated carbocycles. The Hall–Kier alpha value is -2.31. The molecule has 1 aromatic heterocycles. The molecule has 130 valence electrons. The van der Waals surface area contributed by atoms with Crippen LogP contribution in [0.4, 0.5) is 10.5 Å². The molecule has 2 rings (SSSR count). The Kier molecular flexibility index (Phi) is 6.00. The molecule has 6 nitrogen and oxygen atoms in total. The summed E-state index contributed by atoms with van der Waals surface area (Å²) in [5, 5.41) is 15.9. The van der Waals surface area contributed by atoms with Gasteiger partial charge in [0.15, 0.2) is 0 Å². The highest BCUT2D eigenvalue weighted by Crippen LogP contribution is 2.22. The molecule has 0 aliphatic carbocycles. The van der Waals surface area contributed by atoms with Crippen LogP contribution in [0.1, 0.15) is 30.9 Å². The van der Waals surface area contributed by atoms with E-state index in [1.807, 2.05) is 31.2 Å². The van der Waals surface area contributed by atoms with Gasteiger partial charge in [-0.1, -0.05) is 18.2 Å². The normalized spacial score (nSPS) is 13.3. The number of carbonyl (C=O) groups is 1. The average Bonchev–Trinajstić information content (AvgIpc) is 3.00. The first-order valence-corrected chi connectivity index (χ1v) is 7.92. The second kappa shape index (κ2) is 7.99. The number of nitrogens with one attached hydrogen (secondary N) is 2. The molecule has 0 radical (unpaired) electrons. The Morgan fingerprint density at radius 1 is 1.29 bits per heavy atom. The van der Waals surface area contributed by atoms with Gasteiger partial charge >= 0.3 is 6.03 Å². The maximum Gasteiger partial charge on any atom is 0.319 e. The van der Waals surface area contributed by atoms with Gasteiger partial charge in [-0.25, -0.2) is 4.79 Å². The summed E-state index contributed by atoms with van der Waals surface area (Å²) in [5.41, 5.74) is 0.288. The van der Waals surface area contributed by atoms with Gasteiger partial charge in [-0.05, 0) is 39.0 Å². The van der Waals surface area contributed by atoms with E-state index in [4.69, 9.17) is 9.15 Å². The Labute approximate surface area is 141 Å². The van der Waals surface area contributed by atoms with Gasteiger partial charge in [0, 0.05) is 17.9 Å². The van der Waals surface area contributed by atoms with Crippen molar-refractivity contribution in [2.45, 2.75) is 33.0 Å². The lowest BCUT2D eigenvalue weighted by molar-refractivity contribution is 0.0364. The number of furan rings is 1. The Morgan fingerprint density at radius 3 is 2.71 bits per heavy atom. The lowest BCUT2D eigenvalue weighted by atomic mass is 10.0. The van der Waals surface area contributed by atoms with E-state index >= 15 is 0 Å². The first-order chi connectivity index (χ1) is 11.4. The number of para-hydroxylation sites is 1. The standard InChI is InChI=1S/C18H24N2O4/c1-4-23-11-14-7-5-6-8-15(14)20-17(21)19-12-18(3,22)16-10-9-13(2)24-16/h5-10,22H,4,11-12H2,1-3H3,(H2,19,20,21)/t18-/m1/s1. The molecule has 0 spiro atoms. The number of amides is 2. The van der Waals surface area contributed by atoms with Gasteiger partial charge < -0.3 is 24.9 Å². The fourth-order valence-electron chi connectivity index (χ4n) is 2.21. The lowest BCUT2D eigenvalue weighted by Crippen LogP contribution is -2.40. The van der Waals surface area contributed by atoms with Crippen molar-refractivity contribution in [3.8, 4) is 0 Å². The van der Waals surface area contributed by atoms with Gasteiger partial charge in [-0.2, -0.15) is 0 Å². The van der Waals surface area contributed by atoms with Crippen LogP contribution in [0.25, 0.3) is 0 Å². The smallest absolute Gasteiger partial charge is 0.319 e. The van der Waals surface area contributed by atoms with Crippen molar-refractivity contribution in [2.24, 2.45) is 0 Å². The van der Waals surface area contributed by atoms with Gasteiger partial charge in [-0.15, -0.1) is 0 Å². The summed E-state index contributed by atoms with van der Waals surface area (Å²) >= 11 is 0. The molecule has 2 aromatic rings. The highest BCUT2D eigenvalue weighted by molar-refractivity contribution is 5.90. The quantitative estimate of drug-likeness (QED) is 0.727. The molecule has 1 heterocycles. The van der Waals surface area contributed by atoms with Crippen molar-refractivity contribution in [1.29, 1.82) is 0 Å². The number of carbonyl (C=O) groups excluding carboxylic acids is 1. The fourth-order valence-corrected chi connectivity index (χ4v) is 2.21. The van der Waals surface area contributed by atoms with E-state index in [2.05, 4.69) is 10.6 Å². The molecule has 24 heavy (non-hydrogen) atoms. The van der Waals surface area contributed by atoms with Crippen LogP contribution in [0.2, 0.25) is 0 Å². The molecule has 0 bridgehead atoms. The third kappa shape index (κ3) is 4.84. The monoisotopic (exact) mass is 332 g/mol. The summed E-state index contributed by atoms with van der Waals surface area (Å²) in [5.74, 6) is 1.12. The van der Waals surface area contributed by atoms with E-state index in [1.165, 1.54) is 0 Å². The minimum absolute atomic E-state index is 0.0272. The molecule has 2 amide bonds. The Bertz CT molecular complexity index is 679. The van der Waals surface area contributed by atoms with Crippen molar-refractivity contribution < 1.29 is 19.1 Å². The van der Waals surface area contributed by atoms with Crippen LogP contribution in [-0.4, -0.2) is 24.3 Å². The lowest BCUT2D eigenvalue weighted by Gasteiger charge is -2.21. The molecule has 6 heteroatoms. The minimum atomic E-state index is -1.28. The highest BCUT2D eigenvalue weighted by atomic mass is 16.5. The molecule has 0 fully saturated rings. The second-order valence-corrected chi connectivity index (χ2v) is 5.79. The number of urea groups is 1. The van der Waals surface area contributed by atoms with Crippen molar-refractivity contribution in [2.75, 3.05) is 18.5 Å². The van der Waals surface area contributed by atoms with Crippen molar-refractivity contribution >= 4 is 11.7 Å². The molecule has 1 atom stereocenters. The third-order valence-electron chi connectivity index (χ3n) is 3.59. The maximum atomic E-state index is 12.1. The topological polar surface area (TPSA) is 83.7 Å². The van der Waals surface area contributed by atoms with E-state index in [1.54, 1.807) is 26.0 Å². The Balaban J connectivity index is 1.94. The number of aliphatic hydroxyl groups is 1. The number of hydrogen-bond acceptors (Lipinski definition) is 4. The van der Waals surface area contributed by atoms with Gasteiger partial charge in [0.05, 0.1) is 13.2 Å². The van der Waals surface area contributed by atoms with Gasteiger partial charge in [0.2, 0.25) is 0 Å². The summed E-state index contributed by atoms with van der Waals surface area (Å²) in [6, 6.07) is 10.5. The van der Waals surface area contributed by atoms with E-state index < -0.39 is 11.6 Å². The van der Waals surface area contributed by atoms with Gasteiger partial charge in [0.25, 0.3) is 0 Å². The number of aryl methyl sites for hydroxylation is 1. The van der Waals surface area contributed by atoms with Crippen LogP contribution in [0.15, 0.2) is 40.8 Å². The fraction of sp³-hybridized carbons (Fsp3) is 0.389. The molecule has 3 N–H and O–H groups in total. The summed E-state index contributed by atoms with van der Waals surface area (Å²) < 4.78 is 10.8. The largest absolute Gasteiger partial charge is 0.463 e. The molecule has 0 aliphatic rings. The van der Waals surface area contributed by atoms with Gasteiger partial charge in [-0.3, -0.25) is 0 Å². The molecular formula is C18H24N2O4. The van der Waals surface area contributed by atoms with Crippen LogP contribution in [-0.2, 0) is 16.9 Å². The third-order valence-corrected chi connectivity index (χ3v) is 3.59. The SMILES string of the molecule is CCOCc1ccccc1NC(=O)NC[C@@](C)(O)c1ccc(C)o1. The molecule has 0 unspecified atom stereocenters. The predicted molar refractivity (Wildman–Crippen MR) is 91.8 cm³/mol. The Morgan fingerprint density at radius 2 is 2.04 bits per heavy atom. The van der Waals surface area contributed by atoms with Crippen molar-refractivity contribution in [3.63, 3.8) is 0 Å². The van der Waals surface area contributed by atoms with E-state index in [-0.39, 0.29) is 6.54 Å². The molecular weight excluding hydrogens is 308 g/mol.